The molecule has 1 aromatic carbocycles. The maximum atomic E-state index is 9.13. The van der Waals surface area contributed by atoms with Crippen LogP contribution in [0.3, 0.4) is 0 Å². The number of ether oxygens (including phenoxy) is 1. The quantitative estimate of drug-likeness (QED) is 0.608. The van der Waals surface area contributed by atoms with E-state index in [1.807, 2.05) is 12.1 Å². The van der Waals surface area contributed by atoms with Crippen LogP contribution in [0.1, 0.15) is 58.4 Å². The van der Waals surface area contributed by atoms with E-state index < -0.39 is 0 Å². The van der Waals surface area contributed by atoms with Gasteiger partial charge in [-0.05, 0) is 43.9 Å². The average Bonchev–Trinajstić information content (AvgIpc) is 2.51. The molecule has 0 saturated carbocycles. The molecular formula is C18H31NO2. The molecule has 120 valence electrons. The van der Waals surface area contributed by atoms with Gasteiger partial charge in [-0.2, -0.15) is 0 Å². The van der Waals surface area contributed by atoms with Gasteiger partial charge in [0.25, 0.3) is 0 Å². The molecule has 1 rings (SSSR count). The molecule has 0 amide bonds. The monoisotopic (exact) mass is 293 g/mol. The van der Waals surface area contributed by atoms with Gasteiger partial charge in [-0.15, -0.1) is 0 Å². The highest BCUT2D eigenvalue weighted by Crippen LogP contribution is 2.17. The molecule has 3 nitrogen and oxygen atoms in total. The van der Waals surface area contributed by atoms with Crippen molar-refractivity contribution in [2.45, 2.75) is 65.0 Å². The van der Waals surface area contributed by atoms with Crippen molar-refractivity contribution in [1.82, 2.24) is 5.32 Å². The number of aliphatic hydroxyl groups excluding tert-OH is 1. The summed E-state index contributed by atoms with van der Waals surface area (Å²) in [7, 11) is 0. The lowest BCUT2D eigenvalue weighted by atomic mass is 9.94. The first kappa shape index (κ1) is 18.0. The Balaban J connectivity index is 2.40. The summed E-state index contributed by atoms with van der Waals surface area (Å²) >= 11 is 0. The molecular weight excluding hydrogens is 262 g/mol. The second kappa shape index (κ2) is 9.80. The minimum atomic E-state index is 0.00404. The highest BCUT2D eigenvalue weighted by molar-refractivity contribution is 5.27. The lowest BCUT2D eigenvalue weighted by molar-refractivity contribution is 0.214. The van der Waals surface area contributed by atoms with Crippen molar-refractivity contribution in [3.63, 3.8) is 0 Å². The molecule has 3 heteroatoms. The summed E-state index contributed by atoms with van der Waals surface area (Å²) in [6, 6.07) is 8.30. The molecule has 2 N–H and O–H groups in total. The number of aliphatic hydroxyl groups is 1. The fourth-order valence-corrected chi connectivity index (χ4v) is 2.20. The minimum Gasteiger partial charge on any atom is -0.494 e. The zero-order valence-electron chi connectivity index (χ0n) is 13.8. The van der Waals surface area contributed by atoms with Crippen molar-refractivity contribution in [3.8, 4) is 5.75 Å². The van der Waals surface area contributed by atoms with Crippen LogP contribution in [-0.4, -0.2) is 23.9 Å². The highest BCUT2D eigenvalue weighted by atomic mass is 16.5. The van der Waals surface area contributed by atoms with Crippen molar-refractivity contribution in [3.05, 3.63) is 29.8 Å². The van der Waals surface area contributed by atoms with Gasteiger partial charge >= 0.3 is 0 Å². The molecule has 0 spiro atoms. The molecule has 0 fully saturated rings. The van der Waals surface area contributed by atoms with Crippen molar-refractivity contribution in [1.29, 1.82) is 0 Å². The van der Waals surface area contributed by atoms with Gasteiger partial charge in [0, 0.05) is 18.7 Å². The van der Waals surface area contributed by atoms with Gasteiger partial charge in [-0.3, -0.25) is 0 Å². The van der Waals surface area contributed by atoms with Gasteiger partial charge in [0.15, 0.2) is 0 Å². The number of nitrogens with one attached hydrogen (secondary N) is 1. The first-order valence-electron chi connectivity index (χ1n) is 8.21. The Labute approximate surface area is 129 Å². The van der Waals surface area contributed by atoms with Gasteiger partial charge in [0.2, 0.25) is 0 Å². The highest BCUT2D eigenvalue weighted by Gasteiger charge is 2.20. The molecule has 0 aromatic heterocycles. The van der Waals surface area contributed by atoms with Crippen LogP contribution in [0.15, 0.2) is 24.3 Å². The van der Waals surface area contributed by atoms with E-state index in [0.717, 1.165) is 38.2 Å². The topological polar surface area (TPSA) is 41.5 Å². The van der Waals surface area contributed by atoms with Gasteiger partial charge < -0.3 is 15.2 Å². The molecule has 1 aromatic rings. The summed E-state index contributed by atoms with van der Waals surface area (Å²) in [5.41, 5.74) is 1.25. The molecule has 21 heavy (non-hydrogen) atoms. The molecule has 0 aliphatic heterocycles. The summed E-state index contributed by atoms with van der Waals surface area (Å²) in [6.07, 6.45) is 5.35. The predicted molar refractivity (Wildman–Crippen MR) is 88.7 cm³/mol. The Hall–Kier alpha value is -1.06. The summed E-state index contributed by atoms with van der Waals surface area (Å²) in [6.45, 7) is 8.35. The van der Waals surface area contributed by atoms with E-state index in [9.17, 15) is 0 Å². The molecule has 1 unspecified atom stereocenters. The van der Waals surface area contributed by atoms with E-state index in [4.69, 9.17) is 9.84 Å². The van der Waals surface area contributed by atoms with E-state index in [2.05, 4.69) is 38.2 Å². The van der Waals surface area contributed by atoms with Gasteiger partial charge in [-0.25, -0.2) is 0 Å². The molecule has 0 bridgehead atoms. The van der Waals surface area contributed by atoms with Crippen LogP contribution >= 0.6 is 0 Å². The third-order valence-electron chi connectivity index (χ3n) is 4.10. The molecule has 0 aliphatic rings. The van der Waals surface area contributed by atoms with E-state index in [1.54, 1.807) is 0 Å². The number of rotatable bonds is 11. The smallest absolute Gasteiger partial charge is 0.119 e. The van der Waals surface area contributed by atoms with E-state index in [1.165, 1.54) is 18.4 Å². The normalized spacial score (nSPS) is 13.9. The number of hydrogen-bond acceptors (Lipinski definition) is 3. The van der Waals surface area contributed by atoms with Gasteiger partial charge in [0.05, 0.1) is 6.61 Å². The van der Waals surface area contributed by atoms with E-state index in [0.29, 0.717) is 0 Å². The van der Waals surface area contributed by atoms with Crippen LogP contribution in [-0.2, 0) is 6.54 Å². The Kier molecular flexibility index (Phi) is 8.40. The largest absolute Gasteiger partial charge is 0.494 e. The third kappa shape index (κ3) is 6.96. The second-order valence-corrected chi connectivity index (χ2v) is 5.94. The van der Waals surface area contributed by atoms with Crippen molar-refractivity contribution < 1.29 is 9.84 Å². The number of benzene rings is 1. The number of hydrogen-bond donors (Lipinski definition) is 2. The van der Waals surface area contributed by atoms with Crippen LogP contribution in [0.25, 0.3) is 0 Å². The Morgan fingerprint density at radius 2 is 1.86 bits per heavy atom. The minimum absolute atomic E-state index is 0.00404. The molecule has 0 saturated heterocycles. The Bertz CT molecular complexity index is 377. The van der Waals surface area contributed by atoms with E-state index >= 15 is 0 Å². The molecule has 0 aliphatic carbocycles. The number of unbranched alkanes of at least 4 members (excludes halogenated alkanes) is 2. The maximum Gasteiger partial charge on any atom is 0.119 e. The van der Waals surface area contributed by atoms with Gasteiger partial charge in [0.1, 0.15) is 5.75 Å². The SMILES string of the molecule is CCCCCOc1ccc(CNC(C)(CC)CCO)cc1. The first-order valence-corrected chi connectivity index (χ1v) is 8.21. The molecule has 1 atom stereocenters. The fraction of sp³-hybridized carbons (Fsp3) is 0.667. The molecule has 0 heterocycles. The van der Waals surface area contributed by atoms with E-state index in [-0.39, 0.29) is 12.1 Å². The average molecular weight is 293 g/mol. The third-order valence-corrected chi connectivity index (χ3v) is 4.10. The zero-order valence-corrected chi connectivity index (χ0v) is 13.8. The summed E-state index contributed by atoms with van der Waals surface area (Å²) in [5, 5.41) is 12.7. The maximum absolute atomic E-state index is 9.13. The van der Waals surface area contributed by atoms with Crippen LogP contribution in [0.4, 0.5) is 0 Å². The lowest BCUT2D eigenvalue weighted by Gasteiger charge is -2.29. The lowest BCUT2D eigenvalue weighted by Crippen LogP contribution is -2.42. The Morgan fingerprint density at radius 3 is 2.43 bits per heavy atom. The summed E-state index contributed by atoms with van der Waals surface area (Å²) < 4.78 is 5.71. The summed E-state index contributed by atoms with van der Waals surface area (Å²) in [5.74, 6) is 0.948. The fourth-order valence-electron chi connectivity index (χ4n) is 2.20. The second-order valence-electron chi connectivity index (χ2n) is 5.94. The predicted octanol–water partition coefficient (Wildman–Crippen LogP) is 3.90. The van der Waals surface area contributed by atoms with Crippen LogP contribution in [0, 0.1) is 0 Å². The Morgan fingerprint density at radius 1 is 1.14 bits per heavy atom. The zero-order chi connectivity index (χ0) is 15.6. The van der Waals surface area contributed by atoms with Crippen LogP contribution in [0.2, 0.25) is 0 Å². The van der Waals surface area contributed by atoms with Crippen molar-refractivity contribution in [2.24, 2.45) is 0 Å². The van der Waals surface area contributed by atoms with Gasteiger partial charge in [-0.1, -0.05) is 38.8 Å². The summed E-state index contributed by atoms with van der Waals surface area (Å²) in [4.78, 5) is 0. The molecule has 0 radical (unpaired) electrons. The standard InChI is InChI=1S/C18H31NO2/c1-4-6-7-14-21-17-10-8-16(9-11-17)15-19-18(3,5-2)12-13-20/h8-11,19-20H,4-7,12-15H2,1-3H3. The van der Waals surface area contributed by atoms with Crippen molar-refractivity contribution >= 4 is 0 Å². The van der Waals surface area contributed by atoms with Crippen LogP contribution < -0.4 is 10.1 Å². The van der Waals surface area contributed by atoms with Crippen LogP contribution in [0.5, 0.6) is 5.75 Å². The first-order chi connectivity index (χ1) is 10.1. The van der Waals surface area contributed by atoms with Crippen molar-refractivity contribution in [2.75, 3.05) is 13.2 Å².